The molecule has 3 nitrogen and oxygen atoms in total. The van der Waals surface area contributed by atoms with E-state index in [2.05, 4.69) is 0 Å². The van der Waals surface area contributed by atoms with Crippen molar-refractivity contribution in [1.29, 1.82) is 0 Å². The van der Waals surface area contributed by atoms with E-state index in [-0.39, 0.29) is 5.78 Å². The number of aryl methyl sites for hydroxylation is 1. The molecule has 1 aliphatic rings. The second-order valence-electron chi connectivity index (χ2n) is 6.18. The lowest BCUT2D eigenvalue weighted by Crippen LogP contribution is -2.10. The maximum atomic E-state index is 12.6. The van der Waals surface area contributed by atoms with Crippen LogP contribution >= 0.6 is 11.8 Å². The molecule has 27 heavy (non-hydrogen) atoms. The average molecular weight is 372 g/mol. The van der Waals surface area contributed by atoms with E-state index in [1.165, 1.54) is 11.8 Å². The van der Waals surface area contributed by atoms with Crippen molar-refractivity contribution in [2.45, 2.75) is 11.8 Å². The number of Topliss-reactive ketones (excluding diaryl/α,β-unsaturated/α-hetero) is 1. The Hall–Kier alpha value is -3.11. The number of carbonyl (C=O) groups excluding carboxylic acids is 2. The summed E-state index contributed by atoms with van der Waals surface area (Å²) in [6.07, 6.45) is 1.79. The van der Waals surface area contributed by atoms with E-state index in [0.717, 1.165) is 10.5 Å². The molecule has 0 saturated carbocycles. The molecule has 1 aliphatic heterocycles. The van der Waals surface area contributed by atoms with Gasteiger partial charge in [-0.25, -0.2) is 4.79 Å². The van der Waals surface area contributed by atoms with Gasteiger partial charge in [-0.05, 0) is 42.8 Å². The minimum atomic E-state index is -0.410. The monoisotopic (exact) mass is 372 g/mol. The maximum Gasteiger partial charge on any atom is 0.343 e. The summed E-state index contributed by atoms with van der Waals surface area (Å²) in [4.78, 5) is 26.7. The molecule has 0 radical (unpaired) electrons. The average Bonchev–Trinajstić information content (AvgIpc) is 2.99. The molecule has 0 atom stereocenters. The molecular formula is C23H16O3S. The smallest absolute Gasteiger partial charge is 0.343 e. The molecule has 0 unspecified atom stereocenters. The van der Waals surface area contributed by atoms with Gasteiger partial charge in [-0.3, -0.25) is 4.79 Å². The quantitative estimate of drug-likeness (QED) is 0.344. The fourth-order valence-electron chi connectivity index (χ4n) is 2.93. The van der Waals surface area contributed by atoms with Crippen molar-refractivity contribution in [2.75, 3.05) is 0 Å². The van der Waals surface area contributed by atoms with Gasteiger partial charge in [0.05, 0.1) is 10.5 Å². The van der Waals surface area contributed by atoms with E-state index in [9.17, 15) is 9.59 Å². The molecule has 1 heterocycles. The van der Waals surface area contributed by atoms with Crippen molar-refractivity contribution in [3.05, 3.63) is 100.0 Å². The number of allylic oxidation sites excluding steroid dienone is 1. The molecule has 0 saturated heterocycles. The fraction of sp³-hybridized carbons (Fsp3) is 0.0435. The van der Waals surface area contributed by atoms with E-state index >= 15 is 0 Å². The molecule has 0 N–H and O–H groups in total. The lowest BCUT2D eigenvalue weighted by Gasteiger charge is -2.09. The molecular weight excluding hydrogens is 356 g/mol. The van der Waals surface area contributed by atoms with E-state index < -0.39 is 5.97 Å². The molecule has 4 heteroatoms. The molecule has 0 aromatic heterocycles. The first-order valence-electron chi connectivity index (χ1n) is 8.53. The summed E-state index contributed by atoms with van der Waals surface area (Å²) in [7, 11) is 0. The van der Waals surface area contributed by atoms with Crippen molar-refractivity contribution >= 4 is 29.6 Å². The third-order valence-corrected chi connectivity index (χ3v) is 5.45. The SMILES string of the molecule is Cc1ccccc1C(=O)Oc1ccccc1/C=C1/Sc2ccccc2C1=O. The number of hydrogen-bond acceptors (Lipinski definition) is 4. The highest BCUT2D eigenvalue weighted by atomic mass is 32.2. The first-order chi connectivity index (χ1) is 13.1. The molecule has 0 aliphatic carbocycles. The Bertz CT molecular complexity index is 1080. The van der Waals surface area contributed by atoms with E-state index in [4.69, 9.17) is 4.74 Å². The lowest BCUT2D eigenvalue weighted by atomic mass is 10.1. The summed E-state index contributed by atoms with van der Waals surface area (Å²) in [5.74, 6) is 0.0193. The first kappa shape index (κ1) is 17.3. The Morgan fingerprint density at radius 1 is 0.926 bits per heavy atom. The zero-order valence-electron chi connectivity index (χ0n) is 14.6. The Labute approximate surface area is 161 Å². The van der Waals surface area contributed by atoms with Crippen molar-refractivity contribution in [3.8, 4) is 5.75 Å². The van der Waals surface area contributed by atoms with Crippen LogP contribution in [0.4, 0.5) is 0 Å². The summed E-state index contributed by atoms with van der Waals surface area (Å²) in [6.45, 7) is 1.87. The van der Waals surface area contributed by atoms with Crippen LogP contribution in [-0.2, 0) is 0 Å². The number of para-hydroxylation sites is 1. The van der Waals surface area contributed by atoms with E-state index in [1.807, 2.05) is 61.5 Å². The number of benzene rings is 3. The first-order valence-corrected chi connectivity index (χ1v) is 9.35. The molecule has 0 spiro atoms. The molecule has 0 bridgehead atoms. The van der Waals surface area contributed by atoms with Crippen LogP contribution in [0.5, 0.6) is 5.75 Å². The van der Waals surface area contributed by atoms with Gasteiger partial charge in [0.15, 0.2) is 0 Å². The van der Waals surface area contributed by atoms with Gasteiger partial charge in [0.2, 0.25) is 5.78 Å². The van der Waals surface area contributed by atoms with Gasteiger partial charge < -0.3 is 4.74 Å². The number of thioether (sulfide) groups is 1. The van der Waals surface area contributed by atoms with Crippen LogP contribution in [-0.4, -0.2) is 11.8 Å². The lowest BCUT2D eigenvalue weighted by molar-refractivity contribution is 0.0733. The predicted octanol–water partition coefficient (Wildman–Crippen LogP) is 5.54. The standard InChI is InChI=1S/C23H16O3S/c1-15-8-2-4-10-17(15)23(25)26-19-12-6-3-9-16(19)14-21-22(24)18-11-5-7-13-20(18)27-21/h2-14H,1H3/b21-14+. The predicted molar refractivity (Wildman–Crippen MR) is 107 cm³/mol. The maximum absolute atomic E-state index is 12.6. The minimum absolute atomic E-state index is 0.00404. The molecule has 3 aromatic rings. The van der Waals surface area contributed by atoms with E-state index in [0.29, 0.717) is 27.3 Å². The van der Waals surface area contributed by atoms with E-state index in [1.54, 1.807) is 24.3 Å². The van der Waals surface area contributed by atoms with Gasteiger partial charge >= 0.3 is 5.97 Å². The molecule has 3 aromatic carbocycles. The van der Waals surface area contributed by atoms with Crippen molar-refractivity contribution in [2.24, 2.45) is 0 Å². The second-order valence-corrected chi connectivity index (χ2v) is 7.26. The van der Waals surface area contributed by atoms with Crippen molar-refractivity contribution in [3.63, 3.8) is 0 Å². The second kappa shape index (κ2) is 7.25. The third kappa shape index (κ3) is 3.44. The van der Waals surface area contributed by atoms with Crippen molar-refractivity contribution in [1.82, 2.24) is 0 Å². The molecule has 4 rings (SSSR count). The normalized spacial score (nSPS) is 14.3. The largest absolute Gasteiger partial charge is 0.422 e. The van der Waals surface area contributed by atoms with Crippen LogP contribution in [0.15, 0.2) is 82.6 Å². The summed E-state index contributed by atoms with van der Waals surface area (Å²) in [6, 6.07) is 22.1. The molecule has 0 fully saturated rings. The Morgan fingerprint density at radius 2 is 1.63 bits per heavy atom. The van der Waals surface area contributed by atoms with Crippen LogP contribution in [0, 0.1) is 6.92 Å². The summed E-state index contributed by atoms with van der Waals surface area (Å²) >= 11 is 1.44. The van der Waals surface area contributed by atoms with Gasteiger partial charge in [-0.15, -0.1) is 0 Å². The number of ketones is 1. The van der Waals surface area contributed by atoms with Crippen LogP contribution in [0.2, 0.25) is 0 Å². The zero-order chi connectivity index (χ0) is 18.8. The minimum Gasteiger partial charge on any atom is -0.422 e. The Kier molecular flexibility index (Phi) is 4.65. The molecule has 0 amide bonds. The Morgan fingerprint density at radius 3 is 2.44 bits per heavy atom. The third-order valence-electron chi connectivity index (χ3n) is 4.35. The zero-order valence-corrected chi connectivity index (χ0v) is 15.5. The van der Waals surface area contributed by atoms with Crippen molar-refractivity contribution < 1.29 is 14.3 Å². The number of rotatable bonds is 3. The highest BCUT2D eigenvalue weighted by Gasteiger charge is 2.25. The van der Waals surface area contributed by atoms with Gasteiger partial charge in [0.25, 0.3) is 0 Å². The number of ether oxygens (including phenoxy) is 1. The summed E-state index contributed by atoms with van der Waals surface area (Å²) in [5.41, 5.74) is 2.79. The Balaban J connectivity index is 1.64. The highest BCUT2D eigenvalue weighted by molar-refractivity contribution is 8.04. The van der Waals surface area contributed by atoms with Crippen LogP contribution < -0.4 is 4.74 Å². The highest BCUT2D eigenvalue weighted by Crippen LogP contribution is 2.41. The number of fused-ring (bicyclic) bond motifs is 1. The fourth-order valence-corrected chi connectivity index (χ4v) is 3.97. The van der Waals surface area contributed by atoms with Crippen LogP contribution in [0.25, 0.3) is 6.08 Å². The van der Waals surface area contributed by atoms with Crippen LogP contribution in [0.1, 0.15) is 31.8 Å². The summed E-state index contributed by atoms with van der Waals surface area (Å²) < 4.78 is 5.63. The topological polar surface area (TPSA) is 43.4 Å². The number of carbonyl (C=O) groups is 2. The number of hydrogen-bond donors (Lipinski definition) is 0. The van der Waals surface area contributed by atoms with Gasteiger partial charge in [-0.2, -0.15) is 0 Å². The van der Waals surface area contributed by atoms with Gasteiger partial charge in [0, 0.05) is 16.0 Å². The van der Waals surface area contributed by atoms with Gasteiger partial charge in [0.1, 0.15) is 5.75 Å². The van der Waals surface area contributed by atoms with Gasteiger partial charge in [-0.1, -0.05) is 60.3 Å². The summed E-state index contributed by atoms with van der Waals surface area (Å²) in [5, 5.41) is 0. The van der Waals surface area contributed by atoms with Crippen LogP contribution in [0.3, 0.4) is 0 Å². The number of esters is 1. The molecule has 132 valence electrons.